The highest BCUT2D eigenvalue weighted by Gasteiger charge is 2.23. The summed E-state index contributed by atoms with van der Waals surface area (Å²) in [4.78, 5) is 0. The van der Waals surface area contributed by atoms with Gasteiger partial charge in [-0.15, -0.1) is 0 Å². The molecule has 0 saturated heterocycles. The number of hydrogen-bond acceptors (Lipinski definition) is 3. The molecule has 1 aromatic carbocycles. The van der Waals surface area contributed by atoms with Gasteiger partial charge >= 0.3 is 0 Å². The van der Waals surface area contributed by atoms with Crippen molar-refractivity contribution in [3.63, 3.8) is 0 Å². The van der Waals surface area contributed by atoms with Crippen molar-refractivity contribution < 1.29 is 9.47 Å². The molecule has 1 aliphatic heterocycles. The van der Waals surface area contributed by atoms with Gasteiger partial charge in [0.25, 0.3) is 0 Å². The fourth-order valence-electron chi connectivity index (χ4n) is 2.94. The van der Waals surface area contributed by atoms with E-state index in [4.69, 9.17) is 9.47 Å². The van der Waals surface area contributed by atoms with E-state index in [-0.39, 0.29) is 0 Å². The van der Waals surface area contributed by atoms with Crippen molar-refractivity contribution in [1.29, 1.82) is 0 Å². The quantitative estimate of drug-likeness (QED) is 0.663. The number of rotatable bonds is 9. The van der Waals surface area contributed by atoms with Crippen molar-refractivity contribution in [3.8, 4) is 11.5 Å². The van der Waals surface area contributed by atoms with Crippen molar-refractivity contribution in [2.45, 2.75) is 64.8 Å². The molecule has 1 heterocycles. The molecule has 21 heavy (non-hydrogen) atoms. The van der Waals surface area contributed by atoms with Crippen LogP contribution >= 0.6 is 0 Å². The molecular weight excluding hydrogens is 262 g/mol. The molecule has 1 aliphatic rings. The summed E-state index contributed by atoms with van der Waals surface area (Å²) in [6.45, 7) is 5.23. The molecule has 1 N–H and O–H groups in total. The second-order valence-electron chi connectivity index (χ2n) is 5.99. The molecule has 3 nitrogen and oxygen atoms in total. The standard InChI is InChI=1S/C18H29NO2/c1-4-5-6-7-8-9-12-21-18-15-13-14(2)19-16(15)10-11-17(18)20-3/h10-11,14,19H,4-9,12-13H2,1-3H3. The molecule has 0 radical (unpaired) electrons. The molecule has 0 spiro atoms. The average Bonchev–Trinajstić information content (AvgIpc) is 2.86. The number of fused-ring (bicyclic) bond motifs is 1. The van der Waals surface area contributed by atoms with E-state index in [2.05, 4.69) is 25.2 Å². The van der Waals surface area contributed by atoms with E-state index in [1.165, 1.54) is 43.4 Å². The Kier molecular flexibility index (Phi) is 6.21. The Labute approximate surface area is 129 Å². The van der Waals surface area contributed by atoms with Gasteiger partial charge in [-0.1, -0.05) is 39.0 Å². The van der Waals surface area contributed by atoms with E-state index in [9.17, 15) is 0 Å². The van der Waals surface area contributed by atoms with Crippen LogP contribution in [0.4, 0.5) is 5.69 Å². The van der Waals surface area contributed by atoms with E-state index in [1.807, 2.05) is 6.07 Å². The highest BCUT2D eigenvalue weighted by atomic mass is 16.5. The van der Waals surface area contributed by atoms with Crippen LogP contribution < -0.4 is 14.8 Å². The summed E-state index contributed by atoms with van der Waals surface area (Å²) < 4.78 is 11.5. The Hall–Kier alpha value is -1.38. The van der Waals surface area contributed by atoms with E-state index < -0.39 is 0 Å². The van der Waals surface area contributed by atoms with Crippen molar-refractivity contribution in [3.05, 3.63) is 17.7 Å². The van der Waals surface area contributed by atoms with Gasteiger partial charge in [0.05, 0.1) is 13.7 Å². The topological polar surface area (TPSA) is 30.5 Å². The van der Waals surface area contributed by atoms with Crippen LogP contribution in [0.15, 0.2) is 12.1 Å². The highest BCUT2D eigenvalue weighted by molar-refractivity contribution is 5.66. The minimum atomic E-state index is 0.475. The van der Waals surface area contributed by atoms with Crippen LogP contribution in [0.1, 0.15) is 57.9 Å². The van der Waals surface area contributed by atoms with E-state index in [0.717, 1.165) is 30.9 Å². The van der Waals surface area contributed by atoms with Crippen molar-refractivity contribution in [2.24, 2.45) is 0 Å². The summed E-state index contributed by atoms with van der Waals surface area (Å²) in [5, 5.41) is 3.48. The molecule has 3 heteroatoms. The van der Waals surface area contributed by atoms with Crippen LogP contribution in [0.25, 0.3) is 0 Å². The zero-order chi connectivity index (χ0) is 15.1. The first-order chi connectivity index (χ1) is 10.3. The summed E-state index contributed by atoms with van der Waals surface area (Å²) in [6, 6.07) is 4.57. The third-order valence-corrected chi connectivity index (χ3v) is 4.10. The molecule has 0 bridgehead atoms. The molecule has 0 aromatic heterocycles. The molecule has 2 rings (SSSR count). The van der Waals surface area contributed by atoms with Crippen molar-refractivity contribution in [2.75, 3.05) is 19.0 Å². The van der Waals surface area contributed by atoms with E-state index >= 15 is 0 Å². The number of anilines is 1. The van der Waals surface area contributed by atoms with Crippen LogP contribution in [0.5, 0.6) is 11.5 Å². The maximum Gasteiger partial charge on any atom is 0.166 e. The second-order valence-corrected chi connectivity index (χ2v) is 5.99. The lowest BCUT2D eigenvalue weighted by Crippen LogP contribution is -2.08. The largest absolute Gasteiger partial charge is 0.493 e. The first kappa shape index (κ1) is 16.0. The number of hydrogen-bond donors (Lipinski definition) is 1. The first-order valence-electron chi connectivity index (χ1n) is 8.35. The van der Waals surface area contributed by atoms with Crippen LogP contribution in [0, 0.1) is 0 Å². The monoisotopic (exact) mass is 291 g/mol. The Morgan fingerprint density at radius 3 is 2.67 bits per heavy atom. The van der Waals surface area contributed by atoms with Gasteiger partial charge in [0.15, 0.2) is 11.5 Å². The molecule has 1 unspecified atom stereocenters. The minimum absolute atomic E-state index is 0.475. The number of benzene rings is 1. The lowest BCUT2D eigenvalue weighted by molar-refractivity contribution is 0.282. The van der Waals surface area contributed by atoms with Crippen LogP contribution in [-0.2, 0) is 6.42 Å². The zero-order valence-electron chi connectivity index (χ0n) is 13.7. The maximum atomic E-state index is 6.06. The van der Waals surface area contributed by atoms with Crippen LogP contribution in [0.2, 0.25) is 0 Å². The number of ether oxygens (including phenoxy) is 2. The smallest absolute Gasteiger partial charge is 0.166 e. The van der Waals surface area contributed by atoms with Gasteiger partial charge in [-0.3, -0.25) is 0 Å². The molecular formula is C18H29NO2. The summed E-state index contributed by atoms with van der Waals surface area (Å²) in [5.41, 5.74) is 2.47. The van der Waals surface area contributed by atoms with E-state index in [0.29, 0.717) is 6.04 Å². The van der Waals surface area contributed by atoms with Gasteiger partial charge in [-0.25, -0.2) is 0 Å². The zero-order valence-corrected chi connectivity index (χ0v) is 13.7. The Bertz CT molecular complexity index is 445. The Balaban J connectivity index is 1.86. The summed E-state index contributed by atoms with van der Waals surface area (Å²) in [5.74, 6) is 1.80. The van der Waals surface area contributed by atoms with Crippen LogP contribution in [-0.4, -0.2) is 19.8 Å². The molecule has 0 fully saturated rings. The molecule has 0 saturated carbocycles. The fraction of sp³-hybridized carbons (Fsp3) is 0.667. The maximum absolute atomic E-state index is 6.06. The summed E-state index contributed by atoms with van der Waals surface area (Å²) >= 11 is 0. The number of unbranched alkanes of at least 4 members (excludes halogenated alkanes) is 5. The molecule has 118 valence electrons. The Morgan fingerprint density at radius 2 is 1.90 bits per heavy atom. The molecule has 1 atom stereocenters. The SMILES string of the molecule is CCCCCCCCOc1c(OC)ccc2c1CC(C)N2. The Morgan fingerprint density at radius 1 is 1.14 bits per heavy atom. The second kappa shape index (κ2) is 8.16. The van der Waals surface area contributed by atoms with E-state index in [1.54, 1.807) is 7.11 Å². The molecule has 0 aliphatic carbocycles. The number of methoxy groups -OCH3 is 1. The van der Waals surface area contributed by atoms with Gasteiger partial charge in [0.2, 0.25) is 0 Å². The predicted molar refractivity (Wildman–Crippen MR) is 88.7 cm³/mol. The lowest BCUT2D eigenvalue weighted by atomic mass is 10.1. The van der Waals surface area contributed by atoms with Crippen molar-refractivity contribution in [1.82, 2.24) is 0 Å². The van der Waals surface area contributed by atoms with Crippen molar-refractivity contribution >= 4 is 5.69 Å². The van der Waals surface area contributed by atoms with Gasteiger partial charge < -0.3 is 14.8 Å². The van der Waals surface area contributed by atoms with Gasteiger partial charge in [0, 0.05) is 17.3 Å². The van der Waals surface area contributed by atoms with Gasteiger partial charge in [-0.2, -0.15) is 0 Å². The minimum Gasteiger partial charge on any atom is -0.493 e. The fourth-order valence-corrected chi connectivity index (χ4v) is 2.94. The predicted octanol–water partition coefficient (Wildman–Crippen LogP) is 4.79. The van der Waals surface area contributed by atoms with Gasteiger partial charge in [0.1, 0.15) is 0 Å². The highest BCUT2D eigenvalue weighted by Crippen LogP contribution is 2.40. The van der Waals surface area contributed by atoms with Gasteiger partial charge in [-0.05, 0) is 31.9 Å². The molecule has 0 amide bonds. The third kappa shape index (κ3) is 4.29. The van der Waals surface area contributed by atoms with Crippen LogP contribution in [0.3, 0.4) is 0 Å². The molecule has 1 aromatic rings. The first-order valence-corrected chi connectivity index (χ1v) is 8.35. The normalized spacial score (nSPS) is 16.4. The third-order valence-electron chi connectivity index (χ3n) is 4.10. The summed E-state index contributed by atoms with van der Waals surface area (Å²) in [7, 11) is 1.71. The average molecular weight is 291 g/mol. The number of nitrogens with one attached hydrogen (secondary N) is 1. The lowest BCUT2D eigenvalue weighted by Gasteiger charge is -2.14. The summed E-state index contributed by atoms with van der Waals surface area (Å²) in [6.07, 6.45) is 8.71.